The molecule has 5 nitrogen and oxygen atoms in total. The Kier molecular flexibility index (Phi) is 5.45. The molecule has 0 fully saturated rings. The van der Waals surface area contributed by atoms with Crippen molar-refractivity contribution in [1.29, 1.82) is 0 Å². The molecule has 1 amide bonds. The van der Waals surface area contributed by atoms with Crippen LogP contribution in [0.1, 0.15) is 13.8 Å². The fraction of sp³-hybridized carbons (Fsp3) is 0.462. The molecule has 0 bridgehead atoms. The maximum absolute atomic E-state index is 11.7. The van der Waals surface area contributed by atoms with Crippen molar-refractivity contribution in [2.24, 2.45) is 0 Å². The molecule has 0 unspecified atom stereocenters. The minimum atomic E-state index is -0.116. The second-order valence-electron chi connectivity index (χ2n) is 4.15. The van der Waals surface area contributed by atoms with E-state index in [0.29, 0.717) is 17.2 Å². The molecule has 0 heterocycles. The van der Waals surface area contributed by atoms with E-state index in [1.807, 2.05) is 13.8 Å². The average Bonchev–Trinajstić information content (AvgIpc) is 2.36. The predicted octanol–water partition coefficient (Wildman–Crippen LogP) is 1.64. The van der Waals surface area contributed by atoms with E-state index >= 15 is 0 Å². The first-order valence-corrected chi connectivity index (χ1v) is 5.82. The summed E-state index contributed by atoms with van der Waals surface area (Å²) < 4.78 is 10.3. The molecule has 2 N–H and O–H groups in total. The van der Waals surface area contributed by atoms with Gasteiger partial charge < -0.3 is 20.1 Å². The third kappa shape index (κ3) is 4.25. The van der Waals surface area contributed by atoms with Gasteiger partial charge in [0.1, 0.15) is 11.5 Å². The molecule has 5 heteroatoms. The summed E-state index contributed by atoms with van der Waals surface area (Å²) in [5, 5.41) is 5.83. The standard InChI is InChI=1S/C13H20N2O3/c1-9(2)14-8-13(16)15-11-7-10(17-3)5-6-12(11)18-4/h5-7,9,14H,8H2,1-4H3,(H,15,16). The van der Waals surface area contributed by atoms with Crippen LogP contribution in [-0.2, 0) is 4.79 Å². The number of amides is 1. The molecule has 1 aromatic carbocycles. The van der Waals surface area contributed by atoms with Gasteiger partial charge >= 0.3 is 0 Å². The Bertz CT molecular complexity index is 405. The fourth-order valence-electron chi connectivity index (χ4n) is 1.40. The fourth-order valence-corrected chi connectivity index (χ4v) is 1.40. The first-order chi connectivity index (χ1) is 8.56. The number of benzene rings is 1. The van der Waals surface area contributed by atoms with Crippen molar-refractivity contribution in [2.75, 3.05) is 26.1 Å². The van der Waals surface area contributed by atoms with Gasteiger partial charge in [-0.2, -0.15) is 0 Å². The number of carbonyl (C=O) groups excluding carboxylic acids is 1. The summed E-state index contributed by atoms with van der Waals surface area (Å²) in [6, 6.07) is 5.53. The molecule has 0 spiro atoms. The maximum atomic E-state index is 11.7. The Balaban J connectivity index is 2.72. The summed E-state index contributed by atoms with van der Waals surface area (Å²) in [5.74, 6) is 1.16. The van der Waals surface area contributed by atoms with Crippen molar-refractivity contribution in [3.8, 4) is 11.5 Å². The molecule has 1 rings (SSSR count). The van der Waals surface area contributed by atoms with E-state index in [4.69, 9.17) is 9.47 Å². The Morgan fingerprint density at radius 3 is 2.56 bits per heavy atom. The first kappa shape index (κ1) is 14.3. The number of anilines is 1. The van der Waals surface area contributed by atoms with Gasteiger partial charge in [-0.1, -0.05) is 13.8 Å². The molecule has 0 aliphatic heterocycles. The van der Waals surface area contributed by atoms with Crippen LogP contribution >= 0.6 is 0 Å². The second-order valence-corrected chi connectivity index (χ2v) is 4.15. The molecule has 0 aromatic heterocycles. The molecule has 0 saturated heterocycles. The number of carbonyl (C=O) groups is 1. The highest BCUT2D eigenvalue weighted by atomic mass is 16.5. The first-order valence-electron chi connectivity index (χ1n) is 5.82. The van der Waals surface area contributed by atoms with E-state index in [-0.39, 0.29) is 18.5 Å². The van der Waals surface area contributed by atoms with Gasteiger partial charge in [-0.3, -0.25) is 4.79 Å². The Hall–Kier alpha value is -1.75. The SMILES string of the molecule is COc1ccc(OC)c(NC(=O)CNC(C)C)c1. The molecule has 18 heavy (non-hydrogen) atoms. The average molecular weight is 252 g/mol. The molecule has 1 aromatic rings. The predicted molar refractivity (Wildman–Crippen MR) is 71.3 cm³/mol. The highest BCUT2D eigenvalue weighted by Gasteiger charge is 2.09. The van der Waals surface area contributed by atoms with Crippen LogP contribution in [-0.4, -0.2) is 32.7 Å². The number of nitrogens with one attached hydrogen (secondary N) is 2. The van der Waals surface area contributed by atoms with Crippen LogP contribution in [0.4, 0.5) is 5.69 Å². The van der Waals surface area contributed by atoms with Crippen LogP contribution in [0.25, 0.3) is 0 Å². The summed E-state index contributed by atoms with van der Waals surface area (Å²) in [6.07, 6.45) is 0. The van der Waals surface area contributed by atoms with E-state index in [1.165, 1.54) is 0 Å². The minimum Gasteiger partial charge on any atom is -0.497 e. The van der Waals surface area contributed by atoms with Gasteiger partial charge in [-0.25, -0.2) is 0 Å². The van der Waals surface area contributed by atoms with Gasteiger partial charge in [0.15, 0.2) is 0 Å². The van der Waals surface area contributed by atoms with Crippen molar-refractivity contribution in [3.05, 3.63) is 18.2 Å². The summed E-state index contributed by atoms with van der Waals surface area (Å²) in [7, 11) is 3.14. The zero-order valence-electron chi connectivity index (χ0n) is 11.2. The van der Waals surface area contributed by atoms with Crippen LogP contribution in [0.2, 0.25) is 0 Å². The molecular weight excluding hydrogens is 232 g/mol. The summed E-state index contributed by atoms with van der Waals surface area (Å²) >= 11 is 0. The lowest BCUT2D eigenvalue weighted by Gasteiger charge is -2.13. The number of hydrogen-bond acceptors (Lipinski definition) is 4. The Morgan fingerprint density at radius 2 is 2.00 bits per heavy atom. The van der Waals surface area contributed by atoms with Crippen LogP contribution in [0, 0.1) is 0 Å². The zero-order chi connectivity index (χ0) is 13.5. The van der Waals surface area contributed by atoms with Gasteiger partial charge in [0.2, 0.25) is 5.91 Å². The Morgan fingerprint density at radius 1 is 1.28 bits per heavy atom. The monoisotopic (exact) mass is 252 g/mol. The van der Waals surface area contributed by atoms with Crippen LogP contribution < -0.4 is 20.1 Å². The van der Waals surface area contributed by atoms with Gasteiger partial charge in [0.05, 0.1) is 26.5 Å². The number of ether oxygens (including phenoxy) is 2. The number of methoxy groups -OCH3 is 2. The zero-order valence-corrected chi connectivity index (χ0v) is 11.2. The lowest BCUT2D eigenvalue weighted by molar-refractivity contribution is -0.115. The van der Waals surface area contributed by atoms with Crippen LogP contribution in [0.3, 0.4) is 0 Å². The minimum absolute atomic E-state index is 0.116. The van der Waals surface area contributed by atoms with Gasteiger partial charge in [-0.15, -0.1) is 0 Å². The lowest BCUT2D eigenvalue weighted by atomic mass is 10.2. The quantitative estimate of drug-likeness (QED) is 0.808. The molecule has 0 atom stereocenters. The van der Waals surface area contributed by atoms with Crippen molar-refractivity contribution in [3.63, 3.8) is 0 Å². The summed E-state index contributed by atoms with van der Waals surface area (Å²) in [4.78, 5) is 11.7. The topological polar surface area (TPSA) is 59.6 Å². The van der Waals surface area contributed by atoms with Gasteiger partial charge in [-0.05, 0) is 12.1 Å². The largest absolute Gasteiger partial charge is 0.497 e. The number of rotatable bonds is 6. The van der Waals surface area contributed by atoms with Gasteiger partial charge in [0, 0.05) is 12.1 Å². The van der Waals surface area contributed by atoms with E-state index in [0.717, 1.165) is 0 Å². The van der Waals surface area contributed by atoms with Crippen molar-refractivity contribution >= 4 is 11.6 Å². The van der Waals surface area contributed by atoms with E-state index in [9.17, 15) is 4.79 Å². The van der Waals surface area contributed by atoms with Crippen LogP contribution in [0.5, 0.6) is 11.5 Å². The van der Waals surface area contributed by atoms with Gasteiger partial charge in [0.25, 0.3) is 0 Å². The Labute approximate surface area is 107 Å². The third-order valence-electron chi connectivity index (χ3n) is 2.35. The lowest BCUT2D eigenvalue weighted by Crippen LogP contribution is -2.32. The van der Waals surface area contributed by atoms with Crippen molar-refractivity contribution in [2.45, 2.75) is 19.9 Å². The third-order valence-corrected chi connectivity index (χ3v) is 2.35. The normalized spacial score (nSPS) is 10.3. The van der Waals surface area contributed by atoms with Crippen LogP contribution in [0.15, 0.2) is 18.2 Å². The molecule has 0 radical (unpaired) electrons. The highest BCUT2D eigenvalue weighted by molar-refractivity contribution is 5.94. The summed E-state index contributed by atoms with van der Waals surface area (Å²) in [6.45, 7) is 4.23. The molecule has 0 aliphatic carbocycles. The molecule has 0 saturated carbocycles. The molecular formula is C13H20N2O3. The summed E-state index contributed by atoms with van der Waals surface area (Å²) in [5.41, 5.74) is 0.604. The van der Waals surface area contributed by atoms with Crippen molar-refractivity contribution < 1.29 is 14.3 Å². The second kappa shape index (κ2) is 6.86. The highest BCUT2D eigenvalue weighted by Crippen LogP contribution is 2.28. The van der Waals surface area contributed by atoms with Crippen molar-refractivity contribution in [1.82, 2.24) is 5.32 Å². The van der Waals surface area contributed by atoms with E-state index < -0.39 is 0 Å². The maximum Gasteiger partial charge on any atom is 0.238 e. The van der Waals surface area contributed by atoms with E-state index in [1.54, 1.807) is 32.4 Å². The molecule has 100 valence electrons. The number of hydrogen-bond donors (Lipinski definition) is 2. The smallest absolute Gasteiger partial charge is 0.238 e. The molecule has 0 aliphatic rings. The van der Waals surface area contributed by atoms with E-state index in [2.05, 4.69) is 10.6 Å².